The highest BCUT2D eigenvalue weighted by Crippen LogP contribution is 2.16. The summed E-state index contributed by atoms with van der Waals surface area (Å²) >= 11 is 0. The number of carbonyl (C=O) groups excluding carboxylic acids is 1. The molecular weight excluding hydrogens is 292 g/mol. The summed E-state index contributed by atoms with van der Waals surface area (Å²) in [6.07, 6.45) is 1.63. The number of nitrogens with one attached hydrogen (secondary N) is 3. The van der Waals surface area contributed by atoms with Crippen LogP contribution < -0.4 is 10.9 Å². The van der Waals surface area contributed by atoms with Gasteiger partial charge in [-0.1, -0.05) is 30.3 Å². The van der Waals surface area contributed by atoms with Crippen LogP contribution in [0.3, 0.4) is 0 Å². The second-order valence-corrected chi connectivity index (χ2v) is 5.25. The first-order valence-electron chi connectivity index (χ1n) is 7.21. The van der Waals surface area contributed by atoms with Crippen LogP contribution in [0.5, 0.6) is 0 Å². The van der Waals surface area contributed by atoms with Gasteiger partial charge in [-0.3, -0.25) is 14.7 Å². The highest BCUT2D eigenvalue weighted by molar-refractivity contribution is 5.93. The molecule has 3 N–H and O–H groups in total. The molecule has 1 aromatic carbocycles. The SMILES string of the molecule is Cc1c[nH]c(=O)c(CNC(=O)c2cc(-c3ccccc3)n[nH]2)c1. The summed E-state index contributed by atoms with van der Waals surface area (Å²) in [5.74, 6) is -0.305. The zero-order valence-corrected chi connectivity index (χ0v) is 12.6. The van der Waals surface area contributed by atoms with Crippen molar-refractivity contribution in [2.24, 2.45) is 0 Å². The molecule has 0 radical (unpaired) electrons. The van der Waals surface area contributed by atoms with Crippen molar-refractivity contribution >= 4 is 5.91 Å². The van der Waals surface area contributed by atoms with Crippen molar-refractivity contribution in [1.29, 1.82) is 0 Å². The number of benzene rings is 1. The van der Waals surface area contributed by atoms with Gasteiger partial charge in [0, 0.05) is 23.9 Å². The van der Waals surface area contributed by atoms with Gasteiger partial charge in [0.1, 0.15) is 5.69 Å². The summed E-state index contributed by atoms with van der Waals surface area (Å²) in [5, 5.41) is 9.58. The first-order valence-corrected chi connectivity index (χ1v) is 7.21. The summed E-state index contributed by atoms with van der Waals surface area (Å²) in [4.78, 5) is 26.5. The van der Waals surface area contributed by atoms with Gasteiger partial charge in [0.25, 0.3) is 11.5 Å². The standard InChI is InChI=1S/C17H16N4O2/c1-11-7-13(16(22)18-9-11)10-19-17(23)15-8-14(20-21-15)12-5-3-2-4-6-12/h2-9H,10H2,1H3,(H,18,22)(H,19,23)(H,20,21). The lowest BCUT2D eigenvalue weighted by molar-refractivity contribution is 0.0945. The lowest BCUT2D eigenvalue weighted by Crippen LogP contribution is -2.27. The Morgan fingerprint density at radius 3 is 2.78 bits per heavy atom. The minimum Gasteiger partial charge on any atom is -0.346 e. The van der Waals surface area contributed by atoms with Gasteiger partial charge in [0.05, 0.1) is 5.69 Å². The maximum Gasteiger partial charge on any atom is 0.269 e. The van der Waals surface area contributed by atoms with Crippen LogP contribution in [-0.2, 0) is 6.54 Å². The fourth-order valence-corrected chi connectivity index (χ4v) is 2.25. The normalized spacial score (nSPS) is 10.5. The lowest BCUT2D eigenvalue weighted by atomic mass is 10.1. The zero-order chi connectivity index (χ0) is 16.2. The molecule has 0 saturated heterocycles. The van der Waals surface area contributed by atoms with Gasteiger partial charge in [0.2, 0.25) is 0 Å². The van der Waals surface area contributed by atoms with Crippen molar-refractivity contribution in [1.82, 2.24) is 20.5 Å². The minimum absolute atomic E-state index is 0.162. The fraction of sp³-hybridized carbons (Fsp3) is 0.118. The number of hydrogen-bond acceptors (Lipinski definition) is 3. The minimum atomic E-state index is -0.305. The van der Waals surface area contributed by atoms with Crippen LogP contribution in [0.4, 0.5) is 0 Å². The first kappa shape index (κ1) is 14.8. The molecule has 0 aliphatic rings. The molecule has 2 aromatic heterocycles. The van der Waals surface area contributed by atoms with Crippen molar-refractivity contribution < 1.29 is 4.79 Å². The van der Waals surface area contributed by atoms with Crippen LogP contribution in [0.2, 0.25) is 0 Å². The fourth-order valence-electron chi connectivity index (χ4n) is 2.25. The Hall–Kier alpha value is -3.15. The Morgan fingerprint density at radius 2 is 2.00 bits per heavy atom. The van der Waals surface area contributed by atoms with Gasteiger partial charge in [-0.2, -0.15) is 5.10 Å². The quantitative estimate of drug-likeness (QED) is 0.688. The van der Waals surface area contributed by atoms with E-state index in [0.717, 1.165) is 11.1 Å². The topological polar surface area (TPSA) is 90.6 Å². The summed E-state index contributed by atoms with van der Waals surface area (Å²) in [5.41, 5.74) is 3.23. The molecule has 6 heteroatoms. The molecule has 0 saturated carbocycles. The smallest absolute Gasteiger partial charge is 0.269 e. The van der Waals surface area contributed by atoms with E-state index in [1.54, 1.807) is 18.3 Å². The van der Waals surface area contributed by atoms with Crippen molar-refractivity contribution in [2.75, 3.05) is 0 Å². The molecule has 0 aliphatic heterocycles. The van der Waals surface area contributed by atoms with Gasteiger partial charge in [-0.05, 0) is 24.6 Å². The van der Waals surface area contributed by atoms with E-state index in [-0.39, 0.29) is 18.0 Å². The predicted octanol–water partition coefficient (Wildman–Crippen LogP) is 2.00. The van der Waals surface area contributed by atoms with Crippen LogP contribution in [0.25, 0.3) is 11.3 Å². The van der Waals surface area contributed by atoms with Crippen LogP contribution >= 0.6 is 0 Å². The number of nitrogens with zero attached hydrogens (tertiary/aromatic N) is 1. The molecular formula is C17H16N4O2. The summed E-state index contributed by atoms with van der Waals surface area (Å²) in [7, 11) is 0. The molecule has 1 amide bonds. The number of rotatable bonds is 4. The third kappa shape index (κ3) is 3.37. The van der Waals surface area contributed by atoms with Crippen molar-refractivity contribution in [3.63, 3.8) is 0 Å². The molecule has 0 aliphatic carbocycles. The number of aromatic nitrogens is 3. The third-order valence-electron chi connectivity index (χ3n) is 3.46. The van der Waals surface area contributed by atoms with Crippen molar-refractivity contribution in [3.8, 4) is 11.3 Å². The summed E-state index contributed by atoms with van der Waals surface area (Å²) in [6, 6.07) is 13.0. The second-order valence-electron chi connectivity index (χ2n) is 5.25. The summed E-state index contributed by atoms with van der Waals surface area (Å²) in [6.45, 7) is 2.04. The van der Waals surface area contributed by atoms with Crippen molar-refractivity contribution in [2.45, 2.75) is 13.5 Å². The van der Waals surface area contributed by atoms with Crippen LogP contribution in [-0.4, -0.2) is 21.1 Å². The lowest BCUT2D eigenvalue weighted by Gasteiger charge is -2.03. The van der Waals surface area contributed by atoms with E-state index in [1.165, 1.54) is 0 Å². The maximum atomic E-state index is 12.2. The Balaban J connectivity index is 1.71. The largest absolute Gasteiger partial charge is 0.346 e. The van der Waals surface area contributed by atoms with E-state index in [0.29, 0.717) is 17.0 Å². The van der Waals surface area contributed by atoms with E-state index >= 15 is 0 Å². The van der Waals surface area contributed by atoms with Gasteiger partial charge >= 0.3 is 0 Å². The van der Waals surface area contributed by atoms with E-state index in [1.807, 2.05) is 37.3 Å². The molecule has 0 atom stereocenters. The molecule has 0 unspecified atom stereocenters. The number of aryl methyl sites for hydroxylation is 1. The number of carbonyl (C=O) groups is 1. The van der Waals surface area contributed by atoms with Crippen LogP contribution in [0, 0.1) is 6.92 Å². The first-order chi connectivity index (χ1) is 11.1. The number of pyridine rings is 1. The molecule has 0 bridgehead atoms. The second kappa shape index (κ2) is 6.31. The molecule has 23 heavy (non-hydrogen) atoms. The number of hydrogen-bond donors (Lipinski definition) is 3. The Kier molecular flexibility index (Phi) is 4.05. The molecule has 0 spiro atoms. The van der Waals surface area contributed by atoms with Gasteiger partial charge < -0.3 is 10.3 Å². The molecule has 3 rings (SSSR count). The molecule has 0 fully saturated rings. The molecule has 6 nitrogen and oxygen atoms in total. The monoisotopic (exact) mass is 308 g/mol. The Morgan fingerprint density at radius 1 is 1.22 bits per heavy atom. The Bertz CT molecular complexity index is 881. The highest BCUT2D eigenvalue weighted by Gasteiger charge is 2.11. The third-order valence-corrected chi connectivity index (χ3v) is 3.46. The van der Waals surface area contributed by atoms with Crippen molar-refractivity contribution in [3.05, 3.63) is 75.8 Å². The number of H-pyrrole nitrogens is 2. The Labute approximate surface area is 132 Å². The summed E-state index contributed by atoms with van der Waals surface area (Å²) < 4.78 is 0. The van der Waals surface area contributed by atoms with E-state index in [9.17, 15) is 9.59 Å². The van der Waals surface area contributed by atoms with E-state index < -0.39 is 0 Å². The van der Waals surface area contributed by atoms with Gasteiger partial charge in [-0.15, -0.1) is 0 Å². The predicted molar refractivity (Wildman–Crippen MR) is 87.0 cm³/mol. The van der Waals surface area contributed by atoms with E-state index in [2.05, 4.69) is 20.5 Å². The maximum absolute atomic E-state index is 12.2. The number of amides is 1. The number of aromatic amines is 2. The van der Waals surface area contributed by atoms with Gasteiger partial charge in [0.15, 0.2) is 0 Å². The van der Waals surface area contributed by atoms with Gasteiger partial charge in [-0.25, -0.2) is 0 Å². The van der Waals surface area contributed by atoms with E-state index in [4.69, 9.17) is 0 Å². The average Bonchev–Trinajstić information content (AvgIpc) is 3.06. The highest BCUT2D eigenvalue weighted by atomic mass is 16.2. The van der Waals surface area contributed by atoms with Crippen LogP contribution in [0.15, 0.2) is 53.5 Å². The zero-order valence-electron chi connectivity index (χ0n) is 12.6. The molecule has 116 valence electrons. The van der Waals surface area contributed by atoms with Crippen LogP contribution in [0.1, 0.15) is 21.6 Å². The average molecular weight is 308 g/mol. The molecule has 2 heterocycles. The molecule has 3 aromatic rings.